The number of carboxylic acid groups (broad SMARTS) is 1. The molecule has 0 aliphatic heterocycles. The highest BCUT2D eigenvalue weighted by Gasteiger charge is 2.16. The number of hydrogen-bond acceptors (Lipinski definition) is 3. The van der Waals surface area contributed by atoms with E-state index in [9.17, 15) is 14.7 Å². The molecule has 2 rings (SSSR count). The molecule has 19 heavy (non-hydrogen) atoms. The largest absolute Gasteiger partial charge is 0.475 e. The molecule has 5 nitrogen and oxygen atoms in total. The van der Waals surface area contributed by atoms with Gasteiger partial charge in [0.2, 0.25) is 5.82 Å². The zero-order valence-electron chi connectivity index (χ0n) is 11.0. The van der Waals surface area contributed by atoms with Crippen LogP contribution < -0.4 is 0 Å². The summed E-state index contributed by atoms with van der Waals surface area (Å²) >= 11 is 0. The predicted molar refractivity (Wildman–Crippen MR) is 71.6 cm³/mol. The second-order valence-electron chi connectivity index (χ2n) is 4.51. The Kier molecular flexibility index (Phi) is 3.64. The Morgan fingerprint density at radius 3 is 2.68 bits per heavy atom. The normalized spacial score (nSPS) is 10.8. The third kappa shape index (κ3) is 2.50. The van der Waals surface area contributed by atoms with E-state index in [4.69, 9.17) is 0 Å². The molecule has 1 aromatic heterocycles. The number of benzene rings is 1. The molecule has 0 spiro atoms. The molecule has 0 unspecified atom stereocenters. The van der Waals surface area contributed by atoms with E-state index in [-0.39, 0.29) is 11.6 Å². The van der Waals surface area contributed by atoms with Crippen molar-refractivity contribution in [2.45, 2.75) is 33.2 Å². The number of imidazole rings is 1. The lowest BCUT2D eigenvalue weighted by Gasteiger charge is -2.05. The molecule has 0 bridgehead atoms. The van der Waals surface area contributed by atoms with Crippen LogP contribution in [0.2, 0.25) is 0 Å². The van der Waals surface area contributed by atoms with Gasteiger partial charge in [-0.05, 0) is 31.5 Å². The fraction of sp³-hybridized carbons (Fsp3) is 0.357. The fourth-order valence-electron chi connectivity index (χ4n) is 2.05. The molecule has 1 N–H and O–H groups in total. The molecule has 0 aliphatic carbocycles. The Balaban J connectivity index is 2.59. The van der Waals surface area contributed by atoms with Gasteiger partial charge >= 0.3 is 5.97 Å². The van der Waals surface area contributed by atoms with Gasteiger partial charge in [0.05, 0.1) is 11.0 Å². The maximum Gasteiger partial charge on any atom is 0.372 e. The number of carboxylic acids is 1. The van der Waals surface area contributed by atoms with Crippen LogP contribution >= 0.6 is 0 Å². The average molecular weight is 260 g/mol. The molecule has 0 atom stereocenters. The number of ketones is 1. The number of rotatable bonds is 5. The van der Waals surface area contributed by atoms with Crippen molar-refractivity contribution in [1.82, 2.24) is 9.55 Å². The number of fused-ring (bicyclic) bond motifs is 1. The Morgan fingerprint density at radius 2 is 2.11 bits per heavy atom. The van der Waals surface area contributed by atoms with Crippen LogP contribution in [0.25, 0.3) is 11.0 Å². The van der Waals surface area contributed by atoms with Crippen molar-refractivity contribution in [3.63, 3.8) is 0 Å². The lowest BCUT2D eigenvalue weighted by molar-refractivity contribution is 0.0678. The minimum absolute atomic E-state index is 0.0316. The molecule has 1 aromatic carbocycles. The Labute approximate surface area is 110 Å². The van der Waals surface area contributed by atoms with Gasteiger partial charge in [0.1, 0.15) is 0 Å². The van der Waals surface area contributed by atoms with Gasteiger partial charge < -0.3 is 9.67 Å². The zero-order valence-corrected chi connectivity index (χ0v) is 11.0. The number of aromatic carboxylic acids is 1. The van der Waals surface area contributed by atoms with E-state index in [1.54, 1.807) is 22.8 Å². The van der Waals surface area contributed by atoms with Gasteiger partial charge in [0.25, 0.3) is 0 Å². The quantitative estimate of drug-likeness (QED) is 0.839. The van der Waals surface area contributed by atoms with Gasteiger partial charge in [0.15, 0.2) is 5.78 Å². The molecule has 100 valence electrons. The monoisotopic (exact) mass is 260 g/mol. The summed E-state index contributed by atoms with van der Waals surface area (Å²) in [5, 5.41) is 9.19. The maximum absolute atomic E-state index is 11.3. The van der Waals surface area contributed by atoms with Crippen molar-refractivity contribution in [1.29, 1.82) is 0 Å². The summed E-state index contributed by atoms with van der Waals surface area (Å²) in [5.41, 5.74) is 1.86. The van der Waals surface area contributed by atoms with Crippen LogP contribution in [-0.4, -0.2) is 26.4 Å². The molecule has 0 fully saturated rings. The van der Waals surface area contributed by atoms with Gasteiger partial charge in [-0.1, -0.05) is 13.3 Å². The maximum atomic E-state index is 11.3. The third-order valence-electron chi connectivity index (χ3n) is 3.08. The molecule has 1 heterocycles. The number of hydrogen-bond donors (Lipinski definition) is 1. The molecule has 0 saturated heterocycles. The lowest BCUT2D eigenvalue weighted by Crippen LogP contribution is -2.09. The van der Waals surface area contributed by atoms with Crippen molar-refractivity contribution in [2.24, 2.45) is 0 Å². The molecule has 0 saturated carbocycles. The Morgan fingerprint density at radius 1 is 1.37 bits per heavy atom. The summed E-state index contributed by atoms with van der Waals surface area (Å²) in [6, 6.07) is 5.12. The van der Waals surface area contributed by atoms with Crippen LogP contribution in [0.1, 0.15) is 47.7 Å². The first-order valence-corrected chi connectivity index (χ1v) is 6.29. The number of Topliss-reactive ketones (excluding diaryl/α,β-unsaturated/α-hetero) is 1. The van der Waals surface area contributed by atoms with Crippen LogP contribution in [0.4, 0.5) is 0 Å². The number of carbonyl (C=O) groups excluding carboxylic acids is 1. The number of unbranched alkanes of at least 4 members (excludes halogenated alkanes) is 1. The van der Waals surface area contributed by atoms with Crippen molar-refractivity contribution < 1.29 is 14.7 Å². The highest BCUT2D eigenvalue weighted by atomic mass is 16.4. The predicted octanol–water partition coefficient (Wildman–Crippen LogP) is 2.74. The average Bonchev–Trinajstić information content (AvgIpc) is 2.74. The number of nitrogens with zero attached hydrogens (tertiary/aromatic N) is 2. The highest BCUT2D eigenvalue weighted by Crippen LogP contribution is 2.19. The van der Waals surface area contributed by atoms with E-state index in [0.717, 1.165) is 18.4 Å². The van der Waals surface area contributed by atoms with Crippen LogP contribution in [-0.2, 0) is 6.54 Å². The van der Waals surface area contributed by atoms with Crippen LogP contribution in [0.5, 0.6) is 0 Å². The summed E-state index contributed by atoms with van der Waals surface area (Å²) in [7, 11) is 0. The third-order valence-corrected chi connectivity index (χ3v) is 3.08. The van der Waals surface area contributed by atoms with Crippen molar-refractivity contribution in [3.8, 4) is 0 Å². The molecule has 5 heteroatoms. The zero-order chi connectivity index (χ0) is 14.0. The Hall–Kier alpha value is -2.17. The van der Waals surface area contributed by atoms with E-state index >= 15 is 0 Å². The lowest BCUT2D eigenvalue weighted by atomic mass is 10.1. The molecular formula is C14H16N2O3. The Bertz CT molecular complexity index is 643. The van der Waals surface area contributed by atoms with Gasteiger partial charge in [0, 0.05) is 12.1 Å². The standard InChI is InChI=1S/C14H16N2O3/c1-3-4-7-16-12-6-5-10(9(2)17)8-11(12)15-13(16)14(18)19/h5-6,8H,3-4,7H2,1-2H3,(H,18,19). The van der Waals surface area contributed by atoms with Gasteiger partial charge in [-0.3, -0.25) is 4.79 Å². The minimum Gasteiger partial charge on any atom is -0.475 e. The van der Waals surface area contributed by atoms with Gasteiger partial charge in [-0.25, -0.2) is 9.78 Å². The van der Waals surface area contributed by atoms with Gasteiger partial charge in [-0.15, -0.1) is 0 Å². The first-order chi connectivity index (χ1) is 9.04. The second kappa shape index (κ2) is 5.22. The van der Waals surface area contributed by atoms with E-state index < -0.39 is 5.97 Å². The summed E-state index contributed by atoms with van der Waals surface area (Å²) < 4.78 is 1.70. The van der Waals surface area contributed by atoms with E-state index in [1.165, 1.54) is 6.92 Å². The molecular weight excluding hydrogens is 244 g/mol. The van der Waals surface area contributed by atoms with E-state index in [2.05, 4.69) is 4.98 Å². The fourth-order valence-corrected chi connectivity index (χ4v) is 2.05. The first kappa shape index (κ1) is 13.3. The van der Waals surface area contributed by atoms with Crippen LogP contribution in [0.15, 0.2) is 18.2 Å². The van der Waals surface area contributed by atoms with Crippen molar-refractivity contribution in [2.75, 3.05) is 0 Å². The van der Waals surface area contributed by atoms with Crippen molar-refractivity contribution >= 4 is 22.8 Å². The molecule has 2 aromatic rings. The number of aryl methyl sites for hydroxylation is 1. The van der Waals surface area contributed by atoms with Crippen molar-refractivity contribution in [3.05, 3.63) is 29.6 Å². The molecule has 0 amide bonds. The molecule has 0 aliphatic rings. The van der Waals surface area contributed by atoms with Gasteiger partial charge in [-0.2, -0.15) is 0 Å². The number of carbonyl (C=O) groups is 2. The van der Waals surface area contributed by atoms with E-state index in [0.29, 0.717) is 17.6 Å². The highest BCUT2D eigenvalue weighted by molar-refractivity contribution is 5.98. The second-order valence-corrected chi connectivity index (χ2v) is 4.51. The molecule has 0 radical (unpaired) electrons. The summed E-state index contributed by atoms with van der Waals surface area (Å²) in [5.74, 6) is -1.07. The van der Waals surface area contributed by atoms with Crippen LogP contribution in [0, 0.1) is 0 Å². The summed E-state index contributed by atoms with van der Waals surface area (Å²) in [6.07, 6.45) is 1.87. The number of aromatic nitrogens is 2. The SMILES string of the molecule is CCCCn1c(C(=O)O)nc2cc(C(C)=O)ccc21. The van der Waals surface area contributed by atoms with Crippen LogP contribution in [0.3, 0.4) is 0 Å². The summed E-state index contributed by atoms with van der Waals surface area (Å²) in [4.78, 5) is 26.7. The smallest absolute Gasteiger partial charge is 0.372 e. The first-order valence-electron chi connectivity index (χ1n) is 6.29. The minimum atomic E-state index is -1.04. The summed E-state index contributed by atoms with van der Waals surface area (Å²) in [6.45, 7) is 4.15. The topological polar surface area (TPSA) is 72.2 Å². The van der Waals surface area contributed by atoms with E-state index in [1.807, 2.05) is 6.92 Å².